The number of hydrogen-bond acceptors (Lipinski definition) is 7. The fourth-order valence-electron chi connectivity index (χ4n) is 5.24. The third-order valence-electron chi connectivity index (χ3n) is 7.26. The highest BCUT2D eigenvalue weighted by molar-refractivity contribution is 6.07. The van der Waals surface area contributed by atoms with Gasteiger partial charge in [-0.1, -0.05) is 6.92 Å². The summed E-state index contributed by atoms with van der Waals surface area (Å²) in [5.41, 5.74) is -1.03. The molecule has 0 aromatic carbocycles. The minimum Gasteiger partial charge on any atom is -0.450 e. The Morgan fingerprint density at radius 3 is 2.53 bits per heavy atom. The van der Waals surface area contributed by atoms with Gasteiger partial charge in [-0.2, -0.15) is 13.2 Å². The molecule has 4 aliphatic heterocycles. The summed E-state index contributed by atoms with van der Waals surface area (Å²) in [6.07, 6.45) is -2.46. The Morgan fingerprint density at radius 2 is 1.94 bits per heavy atom. The molecule has 11 heteroatoms. The van der Waals surface area contributed by atoms with Gasteiger partial charge in [-0.25, -0.2) is 14.8 Å². The molecule has 172 valence electrons. The first-order valence-corrected chi connectivity index (χ1v) is 10.8. The van der Waals surface area contributed by atoms with Crippen LogP contribution in [0.25, 0.3) is 0 Å². The Balaban J connectivity index is 1.30. The number of piperazine rings is 1. The lowest BCUT2D eigenvalue weighted by Gasteiger charge is -2.62. The number of likely N-dealkylation sites (tertiary alicyclic amines) is 2. The molecule has 3 fully saturated rings. The minimum atomic E-state index is -4.54. The maximum absolute atomic E-state index is 13.5. The molecule has 5 heterocycles. The van der Waals surface area contributed by atoms with Crippen molar-refractivity contribution in [1.82, 2.24) is 19.8 Å². The molecule has 1 aromatic heterocycles. The molecule has 4 aliphatic rings. The third kappa shape index (κ3) is 3.08. The lowest BCUT2D eigenvalue weighted by atomic mass is 9.79. The minimum absolute atomic E-state index is 0.0910. The van der Waals surface area contributed by atoms with E-state index in [0.717, 1.165) is 32.0 Å². The van der Waals surface area contributed by atoms with Crippen LogP contribution in [-0.2, 0) is 20.5 Å². The first-order valence-electron chi connectivity index (χ1n) is 10.8. The maximum Gasteiger partial charge on any atom is 0.433 e. The lowest BCUT2D eigenvalue weighted by molar-refractivity contribution is -0.153. The van der Waals surface area contributed by atoms with Crippen LogP contribution in [0.4, 0.5) is 19.0 Å². The van der Waals surface area contributed by atoms with Crippen molar-refractivity contribution in [2.75, 3.05) is 37.6 Å². The number of aromatic nitrogens is 2. The molecule has 32 heavy (non-hydrogen) atoms. The second kappa shape index (κ2) is 7.16. The summed E-state index contributed by atoms with van der Waals surface area (Å²) in [6, 6.07) is 0.732. The van der Waals surface area contributed by atoms with Crippen LogP contribution in [0.1, 0.15) is 32.4 Å². The van der Waals surface area contributed by atoms with Gasteiger partial charge in [0.2, 0.25) is 0 Å². The average molecular weight is 451 g/mol. The van der Waals surface area contributed by atoms with E-state index in [0.29, 0.717) is 37.1 Å². The number of carbonyl (C=O) groups is 2. The highest BCUT2D eigenvalue weighted by Crippen LogP contribution is 2.45. The van der Waals surface area contributed by atoms with Gasteiger partial charge in [0.15, 0.2) is 0 Å². The molecule has 5 rings (SSSR count). The monoisotopic (exact) mass is 451 g/mol. The lowest BCUT2D eigenvalue weighted by Crippen LogP contribution is -2.80. The van der Waals surface area contributed by atoms with Crippen LogP contribution in [0, 0.1) is 0 Å². The van der Waals surface area contributed by atoms with Crippen molar-refractivity contribution in [3.63, 3.8) is 0 Å². The second-order valence-electron chi connectivity index (χ2n) is 8.82. The SMILES string of the molecule is CCN1CCC2(CC1)OC(=O)C(C)=C2C(=O)N1CC2C1CN2c1cc(C(F)(F)F)ncn1. The van der Waals surface area contributed by atoms with Crippen LogP contribution in [0.15, 0.2) is 23.5 Å². The zero-order chi connectivity index (χ0) is 22.8. The zero-order valence-corrected chi connectivity index (χ0v) is 17.9. The van der Waals surface area contributed by atoms with Crippen molar-refractivity contribution >= 4 is 17.7 Å². The van der Waals surface area contributed by atoms with E-state index < -0.39 is 23.4 Å². The van der Waals surface area contributed by atoms with Crippen molar-refractivity contribution in [2.24, 2.45) is 0 Å². The van der Waals surface area contributed by atoms with Crippen LogP contribution in [0.3, 0.4) is 0 Å². The number of halogens is 3. The van der Waals surface area contributed by atoms with Gasteiger partial charge in [-0.3, -0.25) is 4.79 Å². The molecule has 0 bridgehead atoms. The summed E-state index contributed by atoms with van der Waals surface area (Å²) in [5.74, 6) is -0.428. The molecule has 3 saturated heterocycles. The van der Waals surface area contributed by atoms with E-state index in [1.54, 1.807) is 16.7 Å². The second-order valence-corrected chi connectivity index (χ2v) is 8.82. The predicted octanol–water partition coefficient (Wildman–Crippen LogP) is 1.62. The quantitative estimate of drug-likeness (QED) is 0.647. The number of anilines is 1. The largest absolute Gasteiger partial charge is 0.450 e. The summed E-state index contributed by atoms with van der Waals surface area (Å²) in [7, 11) is 0. The van der Waals surface area contributed by atoms with Crippen LogP contribution >= 0.6 is 0 Å². The number of carbonyl (C=O) groups excluding carboxylic acids is 2. The maximum atomic E-state index is 13.5. The Kier molecular flexibility index (Phi) is 4.74. The number of amides is 1. The number of alkyl halides is 3. The number of rotatable bonds is 3. The van der Waals surface area contributed by atoms with Crippen molar-refractivity contribution in [1.29, 1.82) is 0 Å². The van der Waals surface area contributed by atoms with Gasteiger partial charge in [0.1, 0.15) is 23.4 Å². The molecule has 2 atom stereocenters. The fraction of sp³-hybridized carbons (Fsp3) is 0.619. The van der Waals surface area contributed by atoms with Gasteiger partial charge >= 0.3 is 12.1 Å². The van der Waals surface area contributed by atoms with E-state index in [1.807, 2.05) is 0 Å². The molecule has 0 saturated carbocycles. The summed E-state index contributed by atoms with van der Waals surface area (Å²) in [4.78, 5) is 38.8. The van der Waals surface area contributed by atoms with Gasteiger partial charge < -0.3 is 19.4 Å². The Morgan fingerprint density at radius 1 is 1.22 bits per heavy atom. The van der Waals surface area contributed by atoms with E-state index in [1.165, 1.54) is 0 Å². The molecule has 0 aliphatic carbocycles. The van der Waals surface area contributed by atoms with Crippen molar-refractivity contribution < 1.29 is 27.5 Å². The summed E-state index contributed by atoms with van der Waals surface area (Å²) in [6.45, 7) is 6.89. The first kappa shape index (κ1) is 21.2. The highest BCUT2D eigenvalue weighted by atomic mass is 19.4. The van der Waals surface area contributed by atoms with E-state index in [-0.39, 0.29) is 23.8 Å². The van der Waals surface area contributed by atoms with Crippen LogP contribution in [0.5, 0.6) is 0 Å². The van der Waals surface area contributed by atoms with Gasteiger partial charge in [0.05, 0.1) is 17.7 Å². The van der Waals surface area contributed by atoms with Crippen LogP contribution in [0.2, 0.25) is 0 Å². The van der Waals surface area contributed by atoms with Gasteiger partial charge in [-0.15, -0.1) is 0 Å². The fourth-order valence-corrected chi connectivity index (χ4v) is 5.24. The molecule has 0 N–H and O–H groups in total. The Labute approximate surface area is 183 Å². The number of nitrogens with zero attached hydrogens (tertiary/aromatic N) is 5. The third-order valence-corrected chi connectivity index (χ3v) is 7.26. The van der Waals surface area contributed by atoms with Crippen LogP contribution < -0.4 is 4.90 Å². The molecular formula is C21H24F3N5O3. The average Bonchev–Trinajstić information content (AvgIpc) is 2.98. The molecule has 8 nitrogen and oxygen atoms in total. The number of ether oxygens (including phenoxy) is 1. The van der Waals surface area contributed by atoms with Gasteiger partial charge in [0.25, 0.3) is 5.91 Å². The number of fused-ring (bicyclic) bond motifs is 1. The predicted molar refractivity (Wildman–Crippen MR) is 107 cm³/mol. The zero-order valence-electron chi connectivity index (χ0n) is 17.9. The summed E-state index contributed by atoms with van der Waals surface area (Å²) < 4.78 is 44.6. The van der Waals surface area contributed by atoms with E-state index in [4.69, 9.17) is 4.74 Å². The van der Waals surface area contributed by atoms with Crippen molar-refractivity contribution in [3.8, 4) is 0 Å². The molecule has 1 aromatic rings. The van der Waals surface area contributed by atoms with Crippen molar-refractivity contribution in [3.05, 3.63) is 29.2 Å². The van der Waals surface area contributed by atoms with Gasteiger partial charge in [0, 0.05) is 50.7 Å². The normalized spacial score (nSPS) is 27.2. The first-order chi connectivity index (χ1) is 15.1. The molecule has 1 spiro atoms. The van der Waals surface area contributed by atoms with Crippen LogP contribution in [-0.4, -0.2) is 82.1 Å². The molecule has 0 radical (unpaired) electrons. The van der Waals surface area contributed by atoms with E-state index >= 15 is 0 Å². The van der Waals surface area contributed by atoms with Crippen molar-refractivity contribution in [2.45, 2.75) is 50.6 Å². The topological polar surface area (TPSA) is 78.9 Å². The van der Waals surface area contributed by atoms with Gasteiger partial charge in [-0.05, 0) is 13.5 Å². The number of piperidine rings is 1. The molecule has 2 unspecified atom stereocenters. The Hall–Kier alpha value is -2.69. The number of esters is 1. The summed E-state index contributed by atoms with van der Waals surface area (Å²) in [5, 5.41) is 0. The highest BCUT2D eigenvalue weighted by Gasteiger charge is 2.58. The van der Waals surface area contributed by atoms with E-state index in [2.05, 4.69) is 21.8 Å². The number of hydrogen-bond donors (Lipinski definition) is 0. The Bertz CT molecular complexity index is 1000. The van der Waals surface area contributed by atoms with E-state index in [9.17, 15) is 22.8 Å². The standard InChI is InChI=1S/C21H24F3N5O3/c1-3-27-6-4-20(5-7-27)17(12(2)19(31)32-20)18(30)29-10-13-14(29)9-28(13)16-8-15(21(22,23)24)25-11-26-16/h8,11,13-14H,3-7,9-10H2,1-2H3. The summed E-state index contributed by atoms with van der Waals surface area (Å²) >= 11 is 0. The smallest absolute Gasteiger partial charge is 0.433 e. The molecule has 1 amide bonds. The molecular weight excluding hydrogens is 427 g/mol.